The highest BCUT2D eigenvalue weighted by molar-refractivity contribution is 5.92. The second-order valence-electron chi connectivity index (χ2n) is 8.12. The van der Waals surface area contributed by atoms with Crippen molar-refractivity contribution in [3.8, 4) is 0 Å². The standard InChI is InChI=1S/C26H27NO4/c1-26(2,3)31-25(29)27-18-17-22-21(11-8-12-23(22)27)20(15-16-24(28)30-4)14-13-19-9-6-5-7-10-19/h5-18,20H,1-4H3/b14-13+,16-15+/t20-/m1/s1. The third-order valence-electron chi connectivity index (χ3n) is 4.65. The Morgan fingerprint density at radius 3 is 2.39 bits per heavy atom. The molecular formula is C26H27NO4. The molecule has 0 aliphatic heterocycles. The summed E-state index contributed by atoms with van der Waals surface area (Å²) in [5, 5.41) is 0.908. The minimum Gasteiger partial charge on any atom is -0.466 e. The Morgan fingerprint density at radius 2 is 1.71 bits per heavy atom. The highest BCUT2D eigenvalue weighted by Gasteiger charge is 2.20. The van der Waals surface area contributed by atoms with E-state index >= 15 is 0 Å². The van der Waals surface area contributed by atoms with Crippen LogP contribution < -0.4 is 0 Å². The molecule has 31 heavy (non-hydrogen) atoms. The van der Waals surface area contributed by atoms with Gasteiger partial charge in [-0.25, -0.2) is 9.59 Å². The monoisotopic (exact) mass is 417 g/mol. The van der Waals surface area contributed by atoms with Crippen LogP contribution in [-0.4, -0.2) is 29.3 Å². The van der Waals surface area contributed by atoms with Gasteiger partial charge in [0.25, 0.3) is 0 Å². The van der Waals surface area contributed by atoms with Crippen LogP contribution in [0.2, 0.25) is 0 Å². The summed E-state index contributed by atoms with van der Waals surface area (Å²) in [5.41, 5.74) is 2.18. The van der Waals surface area contributed by atoms with Crippen molar-refractivity contribution < 1.29 is 19.1 Å². The van der Waals surface area contributed by atoms with Crippen molar-refractivity contribution in [1.82, 2.24) is 4.57 Å². The van der Waals surface area contributed by atoms with E-state index < -0.39 is 17.7 Å². The third-order valence-corrected chi connectivity index (χ3v) is 4.65. The van der Waals surface area contributed by atoms with Crippen molar-refractivity contribution in [3.63, 3.8) is 0 Å². The maximum Gasteiger partial charge on any atom is 0.418 e. The number of hydrogen-bond acceptors (Lipinski definition) is 4. The van der Waals surface area contributed by atoms with Gasteiger partial charge in [-0.15, -0.1) is 0 Å². The Hall–Kier alpha value is -3.60. The van der Waals surface area contributed by atoms with Gasteiger partial charge >= 0.3 is 12.1 Å². The van der Waals surface area contributed by atoms with E-state index in [1.165, 1.54) is 17.8 Å². The number of methoxy groups -OCH3 is 1. The molecule has 0 aliphatic carbocycles. The molecule has 3 aromatic rings. The lowest BCUT2D eigenvalue weighted by Gasteiger charge is -2.20. The molecule has 0 aliphatic rings. The zero-order valence-corrected chi connectivity index (χ0v) is 18.2. The van der Waals surface area contributed by atoms with Crippen molar-refractivity contribution >= 4 is 29.0 Å². The summed E-state index contributed by atoms with van der Waals surface area (Å²) in [6.07, 6.45) is 8.53. The molecule has 0 saturated carbocycles. The maximum absolute atomic E-state index is 12.6. The fourth-order valence-electron chi connectivity index (χ4n) is 3.25. The van der Waals surface area contributed by atoms with Crippen molar-refractivity contribution in [3.05, 3.63) is 90.1 Å². The summed E-state index contributed by atoms with van der Waals surface area (Å²) in [5.74, 6) is -0.617. The molecule has 0 fully saturated rings. The summed E-state index contributed by atoms with van der Waals surface area (Å²) in [6.45, 7) is 5.51. The summed E-state index contributed by atoms with van der Waals surface area (Å²) in [6, 6.07) is 17.6. The number of benzene rings is 2. The molecule has 160 valence electrons. The number of hydrogen-bond donors (Lipinski definition) is 0. The molecule has 3 rings (SSSR count). The summed E-state index contributed by atoms with van der Waals surface area (Å²) in [7, 11) is 1.35. The molecule has 2 aromatic carbocycles. The number of aromatic nitrogens is 1. The van der Waals surface area contributed by atoms with Crippen LogP contribution in [0, 0.1) is 0 Å². The van der Waals surface area contributed by atoms with Gasteiger partial charge in [0.05, 0.1) is 12.6 Å². The van der Waals surface area contributed by atoms with Gasteiger partial charge in [0.2, 0.25) is 0 Å². The van der Waals surface area contributed by atoms with Gasteiger partial charge in [-0.3, -0.25) is 4.57 Å². The number of rotatable bonds is 5. The smallest absolute Gasteiger partial charge is 0.418 e. The SMILES string of the molecule is COC(=O)/C=C/[C@@H](/C=C/c1ccccc1)c1cccc2c1ccn2C(=O)OC(C)(C)C. The first kappa shape index (κ1) is 22.1. The Morgan fingerprint density at radius 1 is 0.968 bits per heavy atom. The summed E-state index contributed by atoms with van der Waals surface area (Å²) < 4.78 is 11.8. The predicted molar refractivity (Wildman–Crippen MR) is 123 cm³/mol. The van der Waals surface area contributed by atoms with E-state index in [1.807, 2.05) is 87.5 Å². The van der Waals surface area contributed by atoms with Gasteiger partial charge in [-0.1, -0.05) is 60.7 Å². The first-order valence-corrected chi connectivity index (χ1v) is 10.1. The van der Waals surface area contributed by atoms with Crippen LogP contribution >= 0.6 is 0 Å². The van der Waals surface area contributed by atoms with Crippen LogP contribution in [0.25, 0.3) is 17.0 Å². The number of esters is 1. The fourth-order valence-corrected chi connectivity index (χ4v) is 3.25. The number of fused-ring (bicyclic) bond motifs is 1. The van der Waals surface area contributed by atoms with Crippen LogP contribution in [0.5, 0.6) is 0 Å². The Labute approximate surface area is 182 Å². The number of allylic oxidation sites excluding steroid dienone is 2. The van der Waals surface area contributed by atoms with E-state index in [2.05, 4.69) is 0 Å². The molecule has 5 nitrogen and oxygen atoms in total. The molecule has 0 unspecified atom stereocenters. The molecule has 0 bridgehead atoms. The lowest BCUT2D eigenvalue weighted by atomic mass is 9.94. The fraction of sp³-hybridized carbons (Fsp3) is 0.231. The Balaban J connectivity index is 2.03. The number of carbonyl (C=O) groups is 2. The quantitative estimate of drug-likeness (QED) is 0.380. The van der Waals surface area contributed by atoms with Crippen LogP contribution in [0.1, 0.15) is 37.8 Å². The minimum absolute atomic E-state index is 0.197. The first-order valence-electron chi connectivity index (χ1n) is 10.1. The van der Waals surface area contributed by atoms with Gasteiger partial charge in [0, 0.05) is 23.6 Å². The second-order valence-corrected chi connectivity index (χ2v) is 8.12. The highest BCUT2D eigenvalue weighted by Crippen LogP contribution is 2.30. The second kappa shape index (κ2) is 9.47. The first-order chi connectivity index (χ1) is 14.8. The number of carbonyl (C=O) groups excluding carboxylic acids is 2. The maximum atomic E-state index is 12.6. The molecule has 1 atom stereocenters. The Bertz CT molecular complexity index is 1120. The molecule has 5 heteroatoms. The molecule has 1 heterocycles. The van der Waals surface area contributed by atoms with Crippen molar-refractivity contribution in [2.45, 2.75) is 32.3 Å². The predicted octanol–water partition coefficient (Wildman–Crippen LogP) is 5.95. The van der Waals surface area contributed by atoms with Crippen molar-refractivity contribution in [1.29, 1.82) is 0 Å². The summed E-state index contributed by atoms with van der Waals surface area (Å²) >= 11 is 0. The zero-order valence-electron chi connectivity index (χ0n) is 18.2. The molecule has 1 aromatic heterocycles. The average Bonchev–Trinajstić information content (AvgIpc) is 3.18. The lowest BCUT2D eigenvalue weighted by molar-refractivity contribution is -0.134. The zero-order chi connectivity index (χ0) is 22.4. The van der Waals surface area contributed by atoms with E-state index in [0.717, 1.165) is 22.0 Å². The van der Waals surface area contributed by atoms with Crippen molar-refractivity contribution in [2.75, 3.05) is 7.11 Å². The highest BCUT2D eigenvalue weighted by atomic mass is 16.6. The van der Waals surface area contributed by atoms with Crippen LogP contribution in [0.3, 0.4) is 0 Å². The van der Waals surface area contributed by atoms with E-state index in [9.17, 15) is 9.59 Å². The normalized spacial score (nSPS) is 13.0. The van der Waals surface area contributed by atoms with Crippen LogP contribution in [0.4, 0.5) is 4.79 Å². The Kier molecular flexibility index (Phi) is 6.75. The molecular weight excluding hydrogens is 390 g/mol. The largest absolute Gasteiger partial charge is 0.466 e. The molecule has 0 N–H and O–H groups in total. The minimum atomic E-state index is -0.588. The van der Waals surface area contributed by atoms with Crippen molar-refractivity contribution in [2.24, 2.45) is 0 Å². The van der Waals surface area contributed by atoms with E-state index in [-0.39, 0.29) is 5.92 Å². The van der Waals surface area contributed by atoms with E-state index in [4.69, 9.17) is 9.47 Å². The van der Waals surface area contributed by atoms with E-state index in [0.29, 0.717) is 0 Å². The van der Waals surface area contributed by atoms with Gasteiger partial charge in [-0.2, -0.15) is 0 Å². The van der Waals surface area contributed by atoms with Gasteiger partial charge in [0.1, 0.15) is 5.60 Å². The lowest BCUT2D eigenvalue weighted by Crippen LogP contribution is -2.26. The summed E-state index contributed by atoms with van der Waals surface area (Å²) in [4.78, 5) is 24.3. The van der Waals surface area contributed by atoms with Gasteiger partial charge in [0.15, 0.2) is 0 Å². The van der Waals surface area contributed by atoms with Crippen LogP contribution in [0.15, 0.2) is 79.0 Å². The van der Waals surface area contributed by atoms with Gasteiger partial charge < -0.3 is 9.47 Å². The molecule has 0 radical (unpaired) electrons. The van der Waals surface area contributed by atoms with E-state index in [1.54, 1.807) is 12.3 Å². The molecule has 0 amide bonds. The molecule has 0 saturated heterocycles. The number of ether oxygens (including phenoxy) is 2. The molecule has 0 spiro atoms. The topological polar surface area (TPSA) is 57.5 Å². The third kappa shape index (κ3) is 5.72. The number of nitrogens with zero attached hydrogens (tertiary/aromatic N) is 1. The average molecular weight is 418 g/mol. The van der Waals surface area contributed by atoms with Crippen LogP contribution in [-0.2, 0) is 14.3 Å². The van der Waals surface area contributed by atoms with Gasteiger partial charge in [-0.05, 0) is 44.0 Å².